The van der Waals surface area contributed by atoms with Crippen LogP contribution in [-0.4, -0.2) is 35.1 Å². The summed E-state index contributed by atoms with van der Waals surface area (Å²) in [6.45, 7) is 0. The molecule has 0 fully saturated rings. The zero-order valence-electron chi connectivity index (χ0n) is 7.36. The summed E-state index contributed by atoms with van der Waals surface area (Å²) < 4.78 is 84.1. The van der Waals surface area contributed by atoms with Crippen molar-refractivity contribution < 1.29 is 40.6 Å². The van der Waals surface area contributed by atoms with Gasteiger partial charge in [-0.25, -0.2) is 0 Å². The fourth-order valence-electron chi connectivity index (χ4n) is 0.699. The van der Waals surface area contributed by atoms with Crippen molar-refractivity contribution in [2.75, 3.05) is 0 Å². The number of carbonyl (C=O) groups is 1. The van der Waals surface area contributed by atoms with Gasteiger partial charge in [-0.3, -0.25) is 4.79 Å². The molecule has 96 valence electrons. The first-order valence-corrected chi connectivity index (χ1v) is 3.63. The van der Waals surface area contributed by atoms with Crippen molar-refractivity contribution in [3.63, 3.8) is 0 Å². The summed E-state index contributed by atoms with van der Waals surface area (Å²) in [4.78, 5) is 9.97. The van der Waals surface area contributed by atoms with Gasteiger partial charge in [0.15, 0.2) is 0 Å². The molecule has 0 radical (unpaired) electrons. The lowest BCUT2D eigenvalue weighted by molar-refractivity contribution is -0.356. The van der Waals surface area contributed by atoms with Crippen LogP contribution in [0, 0.1) is 0 Å². The van der Waals surface area contributed by atoms with E-state index in [1.54, 1.807) is 0 Å². The van der Waals surface area contributed by atoms with E-state index in [2.05, 4.69) is 5.73 Å². The predicted molar refractivity (Wildman–Crippen MR) is 36.2 cm³/mol. The number of hydrogen-bond donors (Lipinski definition) is 2. The van der Waals surface area contributed by atoms with Crippen molar-refractivity contribution in [3.05, 3.63) is 0 Å². The van der Waals surface area contributed by atoms with Crippen molar-refractivity contribution in [1.29, 1.82) is 0 Å². The molecule has 10 heteroatoms. The number of nitrogens with two attached hydrogens (primary N) is 1. The van der Waals surface area contributed by atoms with Gasteiger partial charge < -0.3 is 10.8 Å². The molecule has 0 aromatic rings. The maximum atomic E-state index is 12.5. The predicted octanol–water partition coefficient (Wildman–Crippen LogP) is 1.62. The molecule has 3 nitrogen and oxygen atoms in total. The molecular weight excluding hydrogens is 251 g/mol. The summed E-state index contributed by atoms with van der Waals surface area (Å²) in [7, 11) is 0. The number of carboxylic acids is 1. The van der Waals surface area contributed by atoms with Gasteiger partial charge in [0.05, 0.1) is 0 Å². The number of halogens is 7. The second-order valence-electron chi connectivity index (χ2n) is 2.93. The first kappa shape index (κ1) is 14.9. The van der Waals surface area contributed by atoms with Crippen molar-refractivity contribution in [1.82, 2.24) is 0 Å². The average Bonchev–Trinajstić information content (AvgIpc) is 2.00. The molecule has 0 heterocycles. The summed E-state index contributed by atoms with van der Waals surface area (Å²) in [6, 6.07) is -2.51. The molecule has 16 heavy (non-hydrogen) atoms. The molecule has 0 spiro atoms. The Hall–Kier alpha value is -1.06. The van der Waals surface area contributed by atoms with Gasteiger partial charge in [-0.2, -0.15) is 30.7 Å². The maximum absolute atomic E-state index is 12.5. The van der Waals surface area contributed by atoms with Crippen molar-refractivity contribution in [2.45, 2.75) is 30.5 Å². The van der Waals surface area contributed by atoms with E-state index in [1.807, 2.05) is 0 Å². The van der Waals surface area contributed by atoms with E-state index in [0.29, 0.717) is 0 Å². The van der Waals surface area contributed by atoms with Gasteiger partial charge in [-0.1, -0.05) is 0 Å². The van der Waals surface area contributed by atoms with E-state index in [4.69, 9.17) is 5.11 Å². The molecule has 0 aromatic carbocycles. The minimum absolute atomic E-state index is 2.10. The Morgan fingerprint density at radius 2 is 1.50 bits per heavy atom. The highest BCUT2D eigenvalue weighted by Gasteiger charge is 2.73. The third-order valence-electron chi connectivity index (χ3n) is 1.61. The van der Waals surface area contributed by atoms with Crippen LogP contribution < -0.4 is 5.73 Å². The molecule has 0 aliphatic rings. The second-order valence-corrected chi connectivity index (χ2v) is 2.93. The molecule has 0 saturated carbocycles. The molecule has 0 saturated heterocycles. The number of hydrogen-bond acceptors (Lipinski definition) is 2. The fraction of sp³-hybridized carbons (Fsp3) is 0.833. The molecular formula is C6H6F7NO2. The SMILES string of the molecule is N[C@@H](CC(F)(F)C(F)(F)C(F)(F)F)C(=O)O. The maximum Gasteiger partial charge on any atom is 0.459 e. The molecule has 0 aromatic heterocycles. The highest BCUT2D eigenvalue weighted by atomic mass is 19.4. The minimum atomic E-state index is -6.48. The van der Waals surface area contributed by atoms with Gasteiger partial charge in [-0.05, 0) is 0 Å². The lowest BCUT2D eigenvalue weighted by Crippen LogP contribution is -2.54. The summed E-state index contributed by atoms with van der Waals surface area (Å²) >= 11 is 0. The van der Waals surface area contributed by atoms with Gasteiger partial charge in [0.1, 0.15) is 6.04 Å². The third-order valence-corrected chi connectivity index (χ3v) is 1.61. The molecule has 0 aliphatic carbocycles. The third kappa shape index (κ3) is 2.74. The van der Waals surface area contributed by atoms with Crippen LogP contribution in [0.2, 0.25) is 0 Å². The highest BCUT2D eigenvalue weighted by Crippen LogP contribution is 2.48. The van der Waals surface area contributed by atoms with E-state index in [1.165, 1.54) is 0 Å². The zero-order chi connectivity index (χ0) is 13.4. The monoisotopic (exact) mass is 257 g/mol. The lowest BCUT2D eigenvalue weighted by Gasteiger charge is -2.28. The van der Waals surface area contributed by atoms with Crippen LogP contribution >= 0.6 is 0 Å². The topological polar surface area (TPSA) is 63.3 Å². The van der Waals surface area contributed by atoms with Crippen molar-refractivity contribution in [3.8, 4) is 0 Å². The highest BCUT2D eigenvalue weighted by molar-refractivity contribution is 5.73. The molecule has 1 atom stereocenters. The Bertz CT molecular complexity index is 275. The molecule has 0 aliphatic heterocycles. The van der Waals surface area contributed by atoms with Gasteiger partial charge in [0.2, 0.25) is 0 Å². The van der Waals surface area contributed by atoms with Crippen LogP contribution in [0.15, 0.2) is 0 Å². The van der Waals surface area contributed by atoms with Gasteiger partial charge in [0, 0.05) is 6.42 Å². The fourth-order valence-corrected chi connectivity index (χ4v) is 0.699. The first-order chi connectivity index (χ1) is 6.83. The van der Waals surface area contributed by atoms with E-state index in [-0.39, 0.29) is 0 Å². The molecule has 0 unspecified atom stereocenters. The van der Waals surface area contributed by atoms with Crippen LogP contribution in [0.5, 0.6) is 0 Å². The Kier molecular flexibility index (Phi) is 3.80. The lowest BCUT2D eigenvalue weighted by atomic mass is 10.0. The standard InChI is InChI=1S/C6H6F7NO2/c7-4(8,1-2(14)3(15)16)5(9,10)6(11,12)13/h2H,1,14H2,(H,15,16)/t2-/m0/s1. The Morgan fingerprint density at radius 3 is 1.75 bits per heavy atom. The van der Waals surface area contributed by atoms with Crippen LogP contribution in [0.1, 0.15) is 6.42 Å². The zero-order valence-corrected chi connectivity index (χ0v) is 7.36. The van der Waals surface area contributed by atoms with Crippen LogP contribution in [0.3, 0.4) is 0 Å². The quantitative estimate of drug-likeness (QED) is 0.752. The first-order valence-electron chi connectivity index (χ1n) is 3.63. The van der Waals surface area contributed by atoms with Gasteiger partial charge in [-0.15, -0.1) is 0 Å². The number of rotatable bonds is 4. The number of aliphatic carboxylic acids is 1. The van der Waals surface area contributed by atoms with Gasteiger partial charge in [0.25, 0.3) is 0 Å². The van der Waals surface area contributed by atoms with E-state index >= 15 is 0 Å². The number of alkyl halides is 7. The summed E-state index contributed by atoms with van der Waals surface area (Å²) in [5, 5.41) is 8.03. The minimum Gasteiger partial charge on any atom is -0.480 e. The van der Waals surface area contributed by atoms with E-state index in [9.17, 15) is 35.5 Å². The summed E-state index contributed by atoms with van der Waals surface area (Å²) in [5.74, 6) is -14.0. The Balaban J connectivity index is 4.99. The van der Waals surface area contributed by atoms with Gasteiger partial charge >= 0.3 is 24.0 Å². The van der Waals surface area contributed by atoms with Crippen LogP contribution in [-0.2, 0) is 4.79 Å². The largest absolute Gasteiger partial charge is 0.480 e. The van der Waals surface area contributed by atoms with Crippen LogP contribution in [0.4, 0.5) is 30.7 Å². The summed E-state index contributed by atoms with van der Waals surface area (Å²) in [6.07, 6.45) is -8.79. The smallest absolute Gasteiger partial charge is 0.459 e. The van der Waals surface area contributed by atoms with E-state index in [0.717, 1.165) is 0 Å². The molecule has 0 bridgehead atoms. The molecule has 0 rings (SSSR count). The summed E-state index contributed by atoms with van der Waals surface area (Å²) in [5.41, 5.74) is 4.46. The average molecular weight is 257 g/mol. The van der Waals surface area contributed by atoms with E-state index < -0.39 is 36.5 Å². The number of carboxylic acid groups (broad SMARTS) is 1. The van der Waals surface area contributed by atoms with Crippen molar-refractivity contribution >= 4 is 5.97 Å². The second kappa shape index (κ2) is 4.07. The van der Waals surface area contributed by atoms with Crippen LogP contribution in [0.25, 0.3) is 0 Å². The molecule has 0 amide bonds. The Morgan fingerprint density at radius 1 is 1.12 bits per heavy atom. The van der Waals surface area contributed by atoms with Crippen molar-refractivity contribution in [2.24, 2.45) is 5.73 Å². The Labute approximate surface area is 84.0 Å². The normalized spacial score (nSPS) is 16.0. The molecule has 3 N–H and O–H groups in total.